The normalized spacial score (nSPS) is 9.68. The van der Waals surface area contributed by atoms with Gasteiger partial charge >= 0.3 is 5.97 Å². The van der Waals surface area contributed by atoms with Crippen molar-refractivity contribution in [1.82, 2.24) is 9.97 Å². The molecule has 0 aliphatic carbocycles. The molecule has 0 saturated carbocycles. The summed E-state index contributed by atoms with van der Waals surface area (Å²) < 4.78 is 6.19. The third-order valence-corrected chi connectivity index (χ3v) is 3.03. The van der Waals surface area contributed by atoms with Crippen LogP contribution in [0.4, 0.5) is 0 Å². The minimum absolute atomic E-state index is 0.122. The smallest absolute Gasteiger partial charge is 0.335 e. The van der Waals surface area contributed by atoms with Crippen LogP contribution in [-0.2, 0) is 0 Å². The summed E-state index contributed by atoms with van der Waals surface area (Å²) in [5, 5.41) is 17.5. The third kappa shape index (κ3) is 3.17. The van der Waals surface area contributed by atoms with E-state index in [1.54, 1.807) is 6.07 Å². The Labute approximate surface area is 121 Å². The monoisotopic (exact) mass is 367 g/mol. The van der Waals surface area contributed by atoms with Crippen molar-refractivity contribution in [3.63, 3.8) is 0 Å². The van der Waals surface area contributed by atoms with E-state index in [9.17, 15) is 4.79 Å². The van der Waals surface area contributed by atoms with Crippen molar-refractivity contribution >= 4 is 28.6 Å². The summed E-state index contributed by atoms with van der Waals surface area (Å²) in [7, 11) is 0. The SMILES string of the molecule is N#Cc1cnc(Oc2cc(C(=O)O)ccc2I)cn1. The third-order valence-electron chi connectivity index (χ3n) is 2.14. The van der Waals surface area contributed by atoms with E-state index in [1.165, 1.54) is 24.5 Å². The van der Waals surface area contributed by atoms with Crippen molar-refractivity contribution in [2.24, 2.45) is 0 Å². The molecule has 2 aromatic rings. The number of hydrogen-bond acceptors (Lipinski definition) is 5. The highest BCUT2D eigenvalue weighted by Gasteiger charge is 2.09. The second kappa shape index (κ2) is 5.62. The Hall–Kier alpha value is -2.21. The van der Waals surface area contributed by atoms with Gasteiger partial charge in [-0.25, -0.2) is 14.8 Å². The van der Waals surface area contributed by atoms with E-state index in [4.69, 9.17) is 15.1 Å². The summed E-state index contributed by atoms with van der Waals surface area (Å²) in [6, 6.07) is 6.37. The van der Waals surface area contributed by atoms with E-state index >= 15 is 0 Å². The fourth-order valence-corrected chi connectivity index (χ4v) is 1.70. The molecule has 6 nitrogen and oxygen atoms in total. The van der Waals surface area contributed by atoms with Crippen LogP contribution in [0, 0.1) is 14.9 Å². The lowest BCUT2D eigenvalue weighted by atomic mass is 10.2. The van der Waals surface area contributed by atoms with Crippen molar-refractivity contribution < 1.29 is 14.6 Å². The first kappa shape index (κ1) is 13.2. The molecule has 1 aromatic heterocycles. The zero-order chi connectivity index (χ0) is 13.8. The Morgan fingerprint density at radius 2 is 2.16 bits per heavy atom. The number of halogens is 1. The standard InChI is InChI=1S/C12H6IN3O3/c13-9-2-1-7(12(17)18)3-10(9)19-11-6-15-8(4-14)5-16-11/h1-3,5-6H,(H,17,18). The summed E-state index contributed by atoms with van der Waals surface area (Å²) >= 11 is 2.02. The second-order valence-electron chi connectivity index (χ2n) is 3.40. The van der Waals surface area contributed by atoms with Gasteiger partial charge in [-0.3, -0.25) is 0 Å². The van der Waals surface area contributed by atoms with Crippen molar-refractivity contribution in [3.05, 3.63) is 45.4 Å². The molecule has 0 spiro atoms. The number of hydrogen-bond donors (Lipinski definition) is 1. The molecular formula is C12H6IN3O3. The fraction of sp³-hybridized carbons (Fsp3) is 0. The largest absolute Gasteiger partial charge is 0.478 e. The van der Waals surface area contributed by atoms with E-state index in [0.717, 1.165) is 3.57 Å². The average Bonchev–Trinajstić information content (AvgIpc) is 2.42. The molecule has 0 aliphatic rings. The quantitative estimate of drug-likeness (QED) is 0.838. The van der Waals surface area contributed by atoms with Gasteiger partial charge in [-0.05, 0) is 40.8 Å². The zero-order valence-corrected chi connectivity index (χ0v) is 11.5. The predicted molar refractivity (Wildman–Crippen MR) is 72.9 cm³/mol. The maximum absolute atomic E-state index is 10.9. The number of carbonyl (C=O) groups is 1. The molecule has 0 bridgehead atoms. The first-order valence-electron chi connectivity index (χ1n) is 5.03. The molecule has 19 heavy (non-hydrogen) atoms. The van der Waals surface area contributed by atoms with Crippen molar-refractivity contribution in [1.29, 1.82) is 5.26 Å². The minimum atomic E-state index is -1.04. The van der Waals surface area contributed by atoms with Crippen LogP contribution < -0.4 is 4.74 Å². The molecule has 1 heterocycles. The maximum Gasteiger partial charge on any atom is 0.335 e. The van der Waals surface area contributed by atoms with E-state index < -0.39 is 5.97 Å². The zero-order valence-electron chi connectivity index (χ0n) is 9.37. The maximum atomic E-state index is 10.9. The lowest BCUT2D eigenvalue weighted by molar-refractivity contribution is 0.0696. The number of carboxylic acid groups (broad SMARTS) is 1. The van der Waals surface area contributed by atoms with Gasteiger partial charge in [0, 0.05) is 0 Å². The van der Waals surface area contributed by atoms with Crippen LogP contribution in [-0.4, -0.2) is 21.0 Å². The summed E-state index contributed by atoms with van der Waals surface area (Å²) in [4.78, 5) is 18.6. The van der Waals surface area contributed by atoms with Gasteiger partial charge in [0.1, 0.15) is 11.8 Å². The van der Waals surface area contributed by atoms with Crippen LogP contribution in [0.1, 0.15) is 16.1 Å². The lowest BCUT2D eigenvalue weighted by Crippen LogP contribution is -1.98. The minimum Gasteiger partial charge on any atom is -0.478 e. The molecule has 1 N–H and O–H groups in total. The van der Waals surface area contributed by atoms with Gasteiger partial charge in [0.25, 0.3) is 0 Å². The molecular weight excluding hydrogens is 361 g/mol. The molecule has 0 saturated heterocycles. The molecule has 0 atom stereocenters. The van der Waals surface area contributed by atoms with Gasteiger partial charge in [-0.2, -0.15) is 5.26 Å². The van der Waals surface area contributed by atoms with Gasteiger partial charge < -0.3 is 9.84 Å². The Bertz CT molecular complexity index is 665. The van der Waals surface area contributed by atoms with E-state index in [1.807, 2.05) is 28.7 Å². The number of nitriles is 1. The van der Waals surface area contributed by atoms with Crippen LogP contribution in [0.3, 0.4) is 0 Å². The molecule has 1 aromatic carbocycles. The Morgan fingerprint density at radius 3 is 2.74 bits per heavy atom. The van der Waals surface area contributed by atoms with E-state index in [0.29, 0.717) is 5.75 Å². The number of benzene rings is 1. The van der Waals surface area contributed by atoms with Gasteiger partial charge in [0.2, 0.25) is 5.88 Å². The van der Waals surface area contributed by atoms with Crippen LogP contribution in [0.15, 0.2) is 30.6 Å². The van der Waals surface area contributed by atoms with Gasteiger partial charge in [-0.1, -0.05) is 0 Å². The van der Waals surface area contributed by atoms with E-state index in [2.05, 4.69) is 9.97 Å². The number of aromatic nitrogens is 2. The fourth-order valence-electron chi connectivity index (χ4n) is 1.25. The Balaban J connectivity index is 2.29. The summed E-state index contributed by atoms with van der Waals surface area (Å²) in [6.07, 6.45) is 2.59. The Kier molecular flexibility index (Phi) is 3.91. The number of nitrogens with zero attached hydrogens (tertiary/aromatic N) is 3. The van der Waals surface area contributed by atoms with Crippen LogP contribution in [0.2, 0.25) is 0 Å². The molecule has 94 valence electrons. The van der Waals surface area contributed by atoms with Gasteiger partial charge in [0.05, 0.1) is 21.5 Å². The Morgan fingerprint density at radius 1 is 1.37 bits per heavy atom. The average molecular weight is 367 g/mol. The number of ether oxygens (including phenoxy) is 1. The number of rotatable bonds is 3. The molecule has 0 radical (unpaired) electrons. The van der Waals surface area contributed by atoms with Crippen molar-refractivity contribution in [3.8, 4) is 17.7 Å². The molecule has 7 heteroatoms. The molecule has 0 amide bonds. The highest BCUT2D eigenvalue weighted by Crippen LogP contribution is 2.26. The highest BCUT2D eigenvalue weighted by atomic mass is 127. The topological polar surface area (TPSA) is 96.1 Å². The van der Waals surface area contributed by atoms with Crippen molar-refractivity contribution in [2.45, 2.75) is 0 Å². The lowest BCUT2D eigenvalue weighted by Gasteiger charge is -2.07. The molecule has 0 aliphatic heterocycles. The number of aromatic carboxylic acids is 1. The first-order chi connectivity index (χ1) is 9.10. The molecule has 0 fully saturated rings. The van der Waals surface area contributed by atoms with E-state index in [-0.39, 0.29) is 17.1 Å². The van der Waals surface area contributed by atoms with Crippen molar-refractivity contribution in [2.75, 3.05) is 0 Å². The predicted octanol–water partition coefficient (Wildman–Crippen LogP) is 2.44. The van der Waals surface area contributed by atoms with Crippen LogP contribution in [0.5, 0.6) is 11.6 Å². The molecule has 2 rings (SSSR count). The summed E-state index contributed by atoms with van der Waals surface area (Å²) in [6.45, 7) is 0. The van der Waals surface area contributed by atoms with Crippen LogP contribution >= 0.6 is 22.6 Å². The second-order valence-corrected chi connectivity index (χ2v) is 4.57. The highest BCUT2D eigenvalue weighted by molar-refractivity contribution is 14.1. The van der Waals surface area contributed by atoms with Gasteiger partial charge in [0.15, 0.2) is 5.69 Å². The van der Waals surface area contributed by atoms with Crippen LogP contribution in [0.25, 0.3) is 0 Å². The summed E-state index contributed by atoms with van der Waals surface area (Å²) in [5.41, 5.74) is 0.304. The number of carboxylic acids is 1. The first-order valence-corrected chi connectivity index (χ1v) is 6.11. The van der Waals surface area contributed by atoms with Gasteiger partial charge in [-0.15, -0.1) is 0 Å². The molecule has 0 unspecified atom stereocenters. The summed E-state index contributed by atoms with van der Waals surface area (Å²) in [5.74, 6) is -0.467.